The molecule has 0 amide bonds. The number of phosphoric ester groups is 3. The van der Waals surface area contributed by atoms with Crippen LogP contribution in [-0.4, -0.2) is 664 Å². The monoisotopic (exact) mass is 2270 g/mol. The summed E-state index contributed by atoms with van der Waals surface area (Å²) in [6.45, 7) is -18.8. The SMILES string of the molecule is NCCOP(=O)(O)O[C@@H](CO)[C@H]1O[C@H](O[C@@H]2[C@H](O)[C@@H](O[C@H]3[C@@H]([C@H](O)CO)O[C@@](O)(C(=O)O)C[C@H]3OP(=O)(O)OP(=O)(O)OCCN)O[C@H]([C@@H](O)CO)[C@H]2O[C@@H]2O[C@H](CO)[C@@H](O[C@@H]3O[C@H](CO)[C@@H](O)[C@H](O)[C@H]3O)[C@H](O)[C@H]2O)[C@@H](O[C@H]2O[C@H]([C@@H](O)CO)[C@@H](O)[C@H](O)[C@@H]2O[C@@H]2O[C@H](CO)[C@H](O)[C@H](O)[C@H]2O)[C@@H](O[C@H]2O[C@H](CO)[C@@H](O[C@@H]3O[C@H](CO)[C@@H](O[C@@H]4O[C@H](CO)[C@H](O[C@H]5O[C@H](CO)[C@H](O)[C@H](O)[C@H]5O)[C@H](O)[C@H]4O)[C@H](O)[C@H]3O)[C@H](O)[C@H]2O)[C@@H]1O. The zero-order valence-electron chi connectivity index (χ0n) is 77.9. The van der Waals surface area contributed by atoms with Crippen molar-refractivity contribution in [2.45, 2.75) is 362 Å². The summed E-state index contributed by atoms with van der Waals surface area (Å²) in [7, 11) is -18.4. The maximum Gasteiger partial charge on any atom is 0.481 e. The highest BCUT2D eigenvalue weighted by Crippen LogP contribution is 2.62. The lowest BCUT2D eigenvalue weighted by molar-refractivity contribution is -0.430. The maximum absolute atomic E-state index is 14.1. The number of hydrogen-bond donors (Lipinski definition) is 42. The summed E-state index contributed by atoms with van der Waals surface area (Å²) in [5.74, 6) is -6.39. The molecule has 11 saturated heterocycles. The highest BCUT2D eigenvalue weighted by molar-refractivity contribution is 7.61. The largest absolute Gasteiger partial charge is 0.481 e. The lowest BCUT2D eigenvalue weighted by Crippen LogP contribution is -2.72. The Labute approximate surface area is 843 Å². The molecule has 44 N–H and O–H groups in total. The molecule has 11 heterocycles. The van der Waals surface area contributed by atoms with E-state index in [1.54, 1.807) is 0 Å². The second-order valence-corrected chi connectivity index (χ2v) is 40.5. The van der Waals surface area contributed by atoms with Crippen LogP contribution in [0.1, 0.15) is 6.42 Å². The highest BCUT2D eigenvalue weighted by Gasteiger charge is 2.67. The summed E-state index contributed by atoms with van der Waals surface area (Å²) >= 11 is 0. The zero-order chi connectivity index (χ0) is 111. The first-order valence-corrected chi connectivity index (χ1v) is 50.6. The van der Waals surface area contributed by atoms with E-state index in [0.29, 0.717) is 0 Å². The van der Waals surface area contributed by atoms with Crippen molar-refractivity contribution >= 4 is 29.4 Å². The zero-order valence-corrected chi connectivity index (χ0v) is 80.5. The Bertz CT molecular complexity index is 4220. The van der Waals surface area contributed by atoms with Gasteiger partial charge in [0.1, 0.15) is 287 Å². The first-order chi connectivity index (χ1) is 70.6. The topological polar surface area (TPSA) is 1170 Å². The van der Waals surface area contributed by atoms with Crippen molar-refractivity contribution in [3.63, 3.8) is 0 Å². The molecule has 150 heavy (non-hydrogen) atoms. The third kappa shape index (κ3) is 28.7. The van der Waals surface area contributed by atoms with Crippen LogP contribution in [0.15, 0.2) is 0 Å². The first kappa shape index (κ1) is 128. The van der Waals surface area contributed by atoms with Crippen molar-refractivity contribution in [1.29, 1.82) is 0 Å². The molecule has 0 bridgehead atoms. The quantitative estimate of drug-likeness (QED) is 0.0252. The summed E-state index contributed by atoms with van der Waals surface area (Å²) in [6, 6.07) is 0. The third-order valence-corrected chi connectivity index (χ3v) is 29.7. The van der Waals surface area contributed by atoms with E-state index in [1.165, 1.54) is 0 Å². The smallest absolute Gasteiger partial charge is 0.477 e. The minimum atomic E-state index is -6.52. The van der Waals surface area contributed by atoms with Crippen LogP contribution in [0.5, 0.6) is 0 Å². The van der Waals surface area contributed by atoms with Crippen molar-refractivity contribution in [3.8, 4) is 0 Å². The number of hydrogen-bond acceptors (Lipinski definition) is 68. The van der Waals surface area contributed by atoms with Crippen molar-refractivity contribution in [2.75, 3.05) is 99.0 Å². The molecule has 75 heteroatoms. The molecule has 61 atom stereocenters. The van der Waals surface area contributed by atoms with Crippen LogP contribution in [-0.2, 0) is 140 Å². The van der Waals surface area contributed by atoms with E-state index in [4.69, 9.17) is 125 Å². The van der Waals surface area contributed by atoms with Gasteiger partial charge < -0.3 is 315 Å². The molecule has 0 aromatic rings. The van der Waals surface area contributed by atoms with Gasteiger partial charge in [-0.25, -0.2) is 18.5 Å². The molecular weight excluding hydrogens is 2140 g/mol. The van der Waals surface area contributed by atoms with E-state index < -0.39 is 490 Å². The summed E-state index contributed by atoms with van der Waals surface area (Å²) in [6.07, 6.45) is -149. The predicted octanol–water partition coefficient (Wildman–Crippen LogP) is -26.7. The number of ether oxygens (including phenoxy) is 21. The first-order valence-electron chi connectivity index (χ1n) is 46.1. The molecule has 0 radical (unpaired) electrons. The second-order valence-electron chi connectivity index (χ2n) is 36.1. The van der Waals surface area contributed by atoms with Gasteiger partial charge in [-0.2, -0.15) is 4.31 Å². The molecular formula is C75H133N2O70P3. The molecule has 72 nitrogen and oxygen atoms in total. The van der Waals surface area contributed by atoms with Crippen LogP contribution >= 0.6 is 23.5 Å². The van der Waals surface area contributed by atoms with E-state index in [-0.39, 0.29) is 0 Å². The van der Waals surface area contributed by atoms with Gasteiger partial charge in [-0.05, 0) is 0 Å². The minimum absolute atomic E-state index is 0.616. The molecule has 0 saturated carbocycles. The highest BCUT2D eigenvalue weighted by atomic mass is 31.3. The average Bonchev–Trinajstić information content (AvgIpc) is 0.721. The van der Waals surface area contributed by atoms with Crippen LogP contribution in [0.25, 0.3) is 0 Å². The number of carboxylic acids is 1. The number of carboxylic acid groups (broad SMARTS) is 1. The molecule has 11 rings (SSSR count). The van der Waals surface area contributed by atoms with Crippen molar-refractivity contribution in [2.24, 2.45) is 11.5 Å². The Morgan fingerprint density at radius 3 is 0.947 bits per heavy atom. The van der Waals surface area contributed by atoms with E-state index in [2.05, 4.69) is 8.83 Å². The number of aliphatic carboxylic acids is 1. The Kier molecular flexibility index (Phi) is 46.8. The van der Waals surface area contributed by atoms with Gasteiger partial charge in [-0.3, -0.25) is 18.1 Å². The number of phosphoric acid groups is 3. The minimum Gasteiger partial charge on any atom is -0.477 e. The second kappa shape index (κ2) is 55.0. The number of nitrogens with two attached hydrogens (primary N) is 2. The van der Waals surface area contributed by atoms with Crippen molar-refractivity contribution < 1.29 is 344 Å². The lowest BCUT2D eigenvalue weighted by atomic mass is 9.91. The summed E-state index contributed by atoms with van der Waals surface area (Å²) < 4.78 is 189. The molecule has 0 aromatic carbocycles. The van der Waals surface area contributed by atoms with Gasteiger partial charge in [0.25, 0.3) is 5.79 Å². The Morgan fingerprint density at radius 2 is 0.580 bits per heavy atom. The fourth-order valence-corrected chi connectivity index (χ4v) is 21.2. The van der Waals surface area contributed by atoms with Gasteiger partial charge in [0.15, 0.2) is 62.9 Å². The molecule has 0 spiro atoms. The fourth-order valence-electron chi connectivity index (χ4n) is 18.0. The Morgan fingerprint density at radius 1 is 0.293 bits per heavy atom. The lowest BCUT2D eigenvalue weighted by Gasteiger charge is -2.54. The summed E-state index contributed by atoms with van der Waals surface area (Å²) in [4.78, 5) is 46.0. The van der Waals surface area contributed by atoms with Gasteiger partial charge in [0.05, 0.1) is 85.9 Å². The number of carbonyl (C=O) groups is 1. The van der Waals surface area contributed by atoms with Gasteiger partial charge >= 0.3 is 29.4 Å². The van der Waals surface area contributed by atoms with Crippen LogP contribution in [0.2, 0.25) is 0 Å². The predicted molar refractivity (Wildman–Crippen MR) is 450 cm³/mol. The molecule has 0 aliphatic carbocycles. The van der Waals surface area contributed by atoms with E-state index in [1.807, 2.05) is 0 Å². The van der Waals surface area contributed by atoms with E-state index in [9.17, 15) is 222 Å². The van der Waals surface area contributed by atoms with Crippen molar-refractivity contribution in [1.82, 2.24) is 0 Å². The van der Waals surface area contributed by atoms with Crippen LogP contribution in [0.3, 0.4) is 0 Å². The normalized spacial score (nSPS) is 48.1. The van der Waals surface area contributed by atoms with Gasteiger partial charge in [0.2, 0.25) is 0 Å². The molecule has 0 aromatic heterocycles. The van der Waals surface area contributed by atoms with Crippen LogP contribution in [0, 0.1) is 0 Å². The summed E-state index contributed by atoms with van der Waals surface area (Å²) in [5, 5.41) is 419. The summed E-state index contributed by atoms with van der Waals surface area (Å²) in [5.41, 5.74) is 10.9. The van der Waals surface area contributed by atoms with Crippen LogP contribution in [0.4, 0.5) is 0 Å². The number of aliphatic hydroxyl groups excluding tert-OH is 35. The van der Waals surface area contributed by atoms with Gasteiger partial charge in [0, 0.05) is 19.5 Å². The van der Waals surface area contributed by atoms with Gasteiger partial charge in [-0.1, -0.05) is 0 Å². The third-order valence-electron chi connectivity index (χ3n) is 26.0. The van der Waals surface area contributed by atoms with Crippen LogP contribution < -0.4 is 11.5 Å². The standard InChI is InChI=1S/C75H133N2O70P3/c76-1-3-122-148(116,117)146-28(16-88)57-48(111)59(139-69-46(109)39(102)56(26(14-86)129-69)136-68-45(108)38(101)55(25(13-85)128-68)135-67-44(107)37(100)53(24(12-84)127-67)133-64-41(104)32(95)29(92)21(9-81)124-64)63(143-72-61(36(99)35(98)50(131-72)17(89)6-78)141-66-43(106)34(97)31(94)23(11-83)126-66)73(137-57)140-60-49(112)71(138-58-20(145-150(120,121)147-149(118,119)123-4-2-77)5-75(115,74(113)114)144-52(58)19(91)8-80)132-51(18(90)7-79)62(60)142-70-47(110)40(103)54(27(15-87)130-70)134-65-42(105)33(96)30(93)22(10-82)125-65/h17-73,78-112,115H,1-16,76-77H2,(H,113,114)(H,116,117)(H,118,119)(H,120,121)/t17-,18-,19+,20+,21+,22+,23+,24+,25+,26+,27+,28-,29-,30+,31-,32-,33-,34-,35-,36-,37+,38+,39+,40+,41+,42+,43+,44+,45+,46+,47+,48+,49-,50+,51+,52+,53-,54+,55+,56+,57+,58+,59-,60+,61-,62+,63-,64+,65-,66-,67-,68-,69+,70-,71+,72+,73+,75+/m0/s1. The fraction of sp³-hybridized carbons (Fsp3) is 0.987. The molecule has 878 valence electrons. The van der Waals surface area contributed by atoms with E-state index in [0.717, 1.165) is 0 Å². The Hall–Kier alpha value is -2.52. The maximum atomic E-state index is 14.1. The number of rotatable bonds is 48. The van der Waals surface area contributed by atoms with E-state index >= 15 is 0 Å². The Balaban J connectivity index is 1.05. The molecule has 11 fully saturated rings. The number of aliphatic hydroxyl groups is 36. The molecule has 11 aliphatic rings. The van der Waals surface area contributed by atoms with Crippen molar-refractivity contribution in [3.05, 3.63) is 0 Å². The average molecular weight is 2280 g/mol. The molecule has 3 unspecified atom stereocenters. The molecule has 11 aliphatic heterocycles. The van der Waals surface area contributed by atoms with Gasteiger partial charge in [-0.15, -0.1) is 0 Å².